The van der Waals surface area contributed by atoms with Crippen molar-refractivity contribution in [2.75, 3.05) is 6.61 Å². The number of ketones is 1. The molecule has 9 heteroatoms. The van der Waals surface area contributed by atoms with Gasteiger partial charge in [0.05, 0.1) is 36.3 Å². The number of hydrogen-bond acceptors (Lipinski definition) is 9. The number of aliphatic hydroxyl groups excluding tert-OH is 1. The third-order valence-electron chi connectivity index (χ3n) is 10.3. The molecule has 5 rings (SSSR count). The van der Waals surface area contributed by atoms with Crippen molar-refractivity contribution in [3.8, 4) is 0 Å². The number of ether oxygens (including phenoxy) is 3. The van der Waals surface area contributed by atoms with E-state index in [4.69, 9.17) is 14.2 Å². The predicted molar refractivity (Wildman–Crippen MR) is 139 cm³/mol. The van der Waals surface area contributed by atoms with E-state index < -0.39 is 46.1 Å². The van der Waals surface area contributed by atoms with E-state index in [-0.39, 0.29) is 56.6 Å². The molecule has 0 radical (unpaired) electrons. The molecule has 3 aliphatic carbocycles. The molecule has 3 unspecified atom stereocenters. The SMILES string of the molecule is CCC(=O)OC1C(=O)[C@]2(C)C(O)C[C@H](C)OCC23C[C@]2(O)C[C@H](OC(=O)CCc4cccs4)C(C)=C1[C@]32C. The lowest BCUT2D eigenvalue weighted by atomic mass is 9.27. The lowest BCUT2D eigenvalue weighted by Crippen LogP contribution is -2.84. The average Bonchev–Trinajstić information content (AvgIpc) is 3.36. The first-order valence-corrected chi connectivity index (χ1v) is 14.4. The van der Waals surface area contributed by atoms with Crippen LogP contribution in [0.2, 0.25) is 0 Å². The number of esters is 2. The van der Waals surface area contributed by atoms with Gasteiger partial charge in [-0.1, -0.05) is 19.9 Å². The van der Waals surface area contributed by atoms with Gasteiger partial charge >= 0.3 is 11.9 Å². The van der Waals surface area contributed by atoms with Crippen LogP contribution in [0.15, 0.2) is 28.7 Å². The molecule has 1 aromatic rings. The number of aliphatic hydroxyl groups is 2. The Morgan fingerprint density at radius 3 is 2.63 bits per heavy atom. The molecule has 0 bridgehead atoms. The highest BCUT2D eigenvalue weighted by Crippen LogP contribution is 2.80. The van der Waals surface area contributed by atoms with Gasteiger partial charge in [-0.25, -0.2) is 0 Å². The molecule has 0 amide bonds. The zero-order chi connectivity index (χ0) is 27.7. The molecule has 3 fully saturated rings. The lowest BCUT2D eigenvalue weighted by Gasteiger charge is -2.77. The Kier molecular flexibility index (Phi) is 6.69. The van der Waals surface area contributed by atoms with Crippen LogP contribution in [-0.2, 0) is 35.0 Å². The zero-order valence-electron chi connectivity index (χ0n) is 22.7. The summed E-state index contributed by atoms with van der Waals surface area (Å²) in [5.41, 5.74) is -3.46. The Bertz CT molecular complexity index is 1180. The van der Waals surface area contributed by atoms with Crippen molar-refractivity contribution in [3.05, 3.63) is 33.5 Å². The minimum absolute atomic E-state index is 0.0722. The first-order valence-electron chi connectivity index (χ1n) is 13.5. The van der Waals surface area contributed by atoms with E-state index in [1.54, 1.807) is 32.1 Å². The molecule has 2 heterocycles. The van der Waals surface area contributed by atoms with Gasteiger partial charge in [0, 0.05) is 35.0 Å². The summed E-state index contributed by atoms with van der Waals surface area (Å²) in [5.74, 6) is -1.32. The molecule has 1 aliphatic heterocycles. The first kappa shape index (κ1) is 27.5. The summed E-state index contributed by atoms with van der Waals surface area (Å²) < 4.78 is 17.9. The summed E-state index contributed by atoms with van der Waals surface area (Å²) in [4.78, 5) is 40.8. The van der Waals surface area contributed by atoms with Gasteiger partial charge in [0.1, 0.15) is 6.10 Å². The number of hydrogen-bond donors (Lipinski definition) is 2. The smallest absolute Gasteiger partial charge is 0.306 e. The molecule has 38 heavy (non-hydrogen) atoms. The van der Waals surface area contributed by atoms with Crippen LogP contribution in [0.3, 0.4) is 0 Å². The monoisotopic (exact) mass is 546 g/mol. The number of carbonyl (C=O) groups is 3. The van der Waals surface area contributed by atoms with E-state index >= 15 is 0 Å². The second-order valence-electron chi connectivity index (χ2n) is 11.9. The maximum Gasteiger partial charge on any atom is 0.306 e. The van der Waals surface area contributed by atoms with E-state index in [1.165, 1.54) is 0 Å². The van der Waals surface area contributed by atoms with Crippen LogP contribution in [0, 0.1) is 16.2 Å². The van der Waals surface area contributed by atoms with Gasteiger partial charge in [-0.2, -0.15) is 0 Å². The molecule has 1 saturated heterocycles. The average molecular weight is 547 g/mol. The highest BCUT2D eigenvalue weighted by Gasteiger charge is 2.85. The van der Waals surface area contributed by atoms with E-state index in [0.29, 0.717) is 17.6 Å². The van der Waals surface area contributed by atoms with Crippen molar-refractivity contribution < 1.29 is 38.8 Å². The third kappa shape index (κ3) is 3.54. The third-order valence-corrected chi connectivity index (χ3v) is 11.2. The van der Waals surface area contributed by atoms with Crippen molar-refractivity contribution in [2.45, 2.75) is 103 Å². The quantitative estimate of drug-likeness (QED) is 0.411. The summed E-state index contributed by atoms with van der Waals surface area (Å²) in [6.07, 6.45) is -1.90. The second-order valence-corrected chi connectivity index (χ2v) is 13.0. The molecule has 8 atom stereocenters. The normalized spacial score (nSPS) is 41.9. The number of aryl methyl sites for hydroxylation is 1. The summed E-state index contributed by atoms with van der Waals surface area (Å²) in [6.45, 7) is 9.13. The Balaban J connectivity index is 1.58. The van der Waals surface area contributed by atoms with Gasteiger partial charge in [0.15, 0.2) is 11.9 Å². The summed E-state index contributed by atoms with van der Waals surface area (Å²) in [7, 11) is 0. The van der Waals surface area contributed by atoms with Crippen LogP contribution in [-0.4, -0.2) is 64.6 Å². The van der Waals surface area contributed by atoms with Crippen LogP contribution >= 0.6 is 11.3 Å². The summed E-state index contributed by atoms with van der Waals surface area (Å²) in [5, 5.41) is 25.5. The Morgan fingerprint density at radius 1 is 1.24 bits per heavy atom. The fraction of sp³-hybridized carbons (Fsp3) is 0.690. The summed E-state index contributed by atoms with van der Waals surface area (Å²) >= 11 is 1.58. The van der Waals surface area contributed by atoms with Crippen molar-refractivity contribution in [3.63, 3.8) is 0 Å². The first-order chi connectivity index (χ1) is 17.8. The van der Waals surface area contributed by atoms with Crippen molar-refractivity contribution in [1.82, 2.24) is 0 Å². The number of rotatable bonds is 6. The fourth-order valence-corrected chi connectivity index (χ4v) is 8.61. The van der Waals surface area contributed by atoms with E-state index in [2.05, 4.69) is 0 Å². The van der Waals surface area contributed by atoms with Gasteiger partial charge in [-0.15, -0.1) is 11.3 Å². The van der Waals surface area contributed by atoms with Crippen molar-refractivity contribution in [2.24, 2.45) is 16.2 Å². The Hall–Kier alpha value is -2.07. The minimum atomic E-state index is -1.34. The molecular formula is C29H38O8S. The topological polar surface area (TPSA) is 119 Å². The standard InChI is InChI=1S/C29H38O8S/c1-6-21(31)37-24-23-17(3)19(36-22(32)10-9-18-8-7-11-38-18)13-29(34)14-28(27(23,29)5)15-35-16(2)12-20(30)26(28,4)25(24)33/h7-8,11,16,19-20,24,30,34H,6,9-10,12-15H2,1-5H3/t16-,19-,20?,24?,26-,27+,28?,29+/m0/s1. The molecular weight excluding hydrogens is 508 g/mol. The highest BCUT2D eigenvalue weighted by molar-refractivity contribution is 7.09. The zero-order valence-corrected chi connectivity index (χ0v) is 23.6. The van der Waals surface area contributed by atoms with E-state index in [1.807, 2.05) is 31.4 Å². The maximum atomic E-state index is 14.3. The van der Waals surface area contributed by atoms with Crippen LogP contribution in [0.5, 0.6) is 0 Å². The molecule has 2 N–H and O–H groups in total. The Labute approximate surface area is 227 Å². The second kappa shape index (κ2) is 9.25. The predicted octanol–water partition coefficient (Wildman–Crippen LogP) is 3.52. The maximum absolute atomic E-state index is 14.3. The van der Waals surface area contributed by atoms with Gasteiger partial charge in [0.25, 0.3) is 0 Å². The summed E-state index contributed by atoms with van der Waals surface area (Å²) in [6, 6.07) is 3.90. The van der Waals surface area contributed by atoms with E-state index in [9.17, 15) is 24.6 Å². The lowest BCUT2D eigenvalue weighted by molar-refractivity contribution is -0.324. The molecule has 2 saturated carbocycles. The highest BCUT2D eigenvalue weighted by atomic mass is 32.1. The molecule has 208 valence electrons. The van der Waals surface area contributed by atoms with Gasteiger partial charge < -0.3 is 24.4 Å². The number of carbonyl (C=O) groups excluding carboxylic acids is 3. The molecule has 4 aliphatic rings. The number of Topliss-reactive ketones (excluding diaryl/α,β-unsaturated/α-hetero) is 1. The van der Waals surface area contributed by atoms with Crippen LogP contribution in [0.4, 0.5) is 0 Å². The fourth-order valence-electron chi connectivity index (χ4n) is 7.90. The molecule has 0 aromatic carbocycles. The van der Waals surface area contributed by atoms with Gasteiger partial charge in [0.2, 0.25) is 0 Å². The molecule has 8 nitrogen and oxygen atoms in total. The molecule has 1 aromatic heterocycles. The largest absolute Gasteiger partial charge is 0.458 e. The molecule has 1 spiro atoms. The van der Waals surface area contributed by atoms with E-state index in [0.717, 1.165) is 4.88 Å². The van der Waals surface area contributed by atoms with Gasteiger partial charge in [-0.3, -0.25) is 14.4 Å². The van der Waals surface area contributed by atoms with Gasteiger partial charge in [-0.05, 0) is 56.2 Å². The van der Waals surface area contributed by atoms with Crippen LogP contribution in [0.25, 0.3) is 0 Å². The van der Waals surface area contributed by atoms with Crippen molar-refractivity contribution >= 4 is 29.1 Å². The minimum Gasteiger partial charge on any atom is -0.458 e. The van der Waals surface area contributed by atoms with Crippen LogP contribution in [0.1, 0.15) is 71.6 Å². The van der Waals surface area contributed by atoms with Crippen LogP contribution < -0.4 is 0 Å². The Morgan fingerprint density at radius 2 is 1.97 bits per heavy atom. The number of thiophene rings is 1. The van der Waals surface area contributed by atoms with Crippen molar-refractivity contribution in [1.29, 1.82) is 0 Å².